The summed E-state index contributed by atoms with van der Waals surface area (Å²) < 4.78 is 2.54. The Morgan fingerprint density at radius 2 is 1.11 bits per heavy atom. The fraction of sp³-hybridized carbons (Fsp3) is 0. The Labute approximate surface area is 271 Å². The van der Waals surface area contributed by atoms with Gasteiger partial charge in [-0.05, 0) is 62.7 Å². The van der Waals surface area contributed by atoms with E-state index in [-0.39, 0.29) is 0 Å². The molecule has 0 radical (unpaired) electrons. The van der Waals surface area contributed by atoms with E-state index in [4.69, 9.17) is 4.98 Å². The average Bonchev–Trinajstić information content (AvgIpc) is 3.51. The first-order valence-corrected chi connectivity index (χ1v) is 16.4. The molecule has 216 valence electrons. The van der Waals surface area contributed by atoms with Crippen LogP contribution in [0.3, 0.4) is 0 Å². The molecule has 2 nitrogen and oxygen atoms in total. The highest BCUT2D eigenvalue weighted by atomic mass is 32.1. The molecule has 0 bridgehead atoms. The Balaban J connectivity index is 1.26. The minimum Gasteiger partial charge on any atom is -0.294 e. The third-order valence-corrected chi connectivity index (χ3v) is 10.1. The third-order valence-electron chi connectivity index (χ3n) is 8.92. The molecule has 0 saturated carbocycles. The van der Waals surface area contributed by atoms with Gasteiger partial charge in [0, 0.05) is 37.4 Å². The van der Waals surface area contributed by atoms with Gasteiger partial charge >= 0.3 is 0 Å². The van der Waals surface area contributed by atoms with Crippen molar-refractivity contribution in [3.63, 3.8) is 0 Å². The van der Waals surface area contributed by atoms with Crippen LogP contribution in [0.4, 0.5) is 17.2 Å². The molecule has 0 saturated heterocycles. The quantitative estimate of drug-likeness (QED) is 0.194. The summed E-state index contributed by atoms with van der Waals surface area (Å²) in [6.45, 7) is 0. The van der Waals surface area contributed by atoms with Crippen molar-refractivity contribution in [1.82, 2.24) is 4.98 Å². The highest BCUT2D eigenvalue weighted by Gasteiger charge is 2.20. The van der Waals surface area contributed by atoms with Crippen molar-refractivity contribution in [3.8, 4) is 22.3 Å². The van der Waals surface area contributed by atoms with E-state index in [0.29, 0.717) is 0 Å². The van der Waals surface area contributed by atoms with Crippen LogP contribution >= 0.6 is 11.3 Å². The molecular formula is C43H28N2S. The molecule has 9 rings (SSSR count). The second-order valence-corrected chi connectivity index (χ2v) is 12.6. The molecule has 2 heterocycles. The Kier molecular flexibility index (Phi) is 6.36. The third kappa shape index (κ3) is 4.44. The van der Waals surface area contributed by atoms with Gasteiger partial charge in [-0.2, -0.15) is 0 Å². The van der Waals surface area contributed by atoms with E-state index in [9.17, 15) is 0 Å². The topological polar surface area (TPSA) is 16.1 Å². The van der Waals surface area contributed by atoms with Crippen LogP contribution < -0.4 is 4.90 Å². The molecular weight excluding hydrogens is 577 g/mol. The lowest BCUT2D eigenvalue weighted by atomic mass is 9.96. The number of hydrogen-bond acceptors (Lipinski definition) is 3. The zero-order valence-corrected chi connectivity index (χ0v) is 25.8. The number of anilines is 3. The Morgan fingerprint density at radius 3 is 1.89 bits per heavy atom. The van der Waals surface area contributed by atoms with Crippen molar-refractivity contribution in [1.29, 1.82) is 0 Å². The maximum Gasteiger partial charge on any atom is 0.138 e. The van der Waals surface area contributed by atoms with Gasteiger partial charge in [-0.25, -0.2) is 4.98 Å². The minimum absolute atomic E-state index is 0.897. The predicted octanol–water partition coefficient (Wildman–Crippen LogP) is 12.6. The Hall–Kier alpha value is -5.77. The van der Waals surface area contributed by atoms with Crippen LogP contribution in [0.1, 0.15) is 0 Å². The van der Waals surface area contributed by atoms with Crippen molar-refractivity contribution in [3.05, 3.63) is 170 Å². The van der Waals surface area contributed by atoms with Gasteiger partial charge in [-0.15, -0.1) is 11.3 Å². The zero-order valence-electron chi connectivity index (χ0n) is 25.0. The summed E-state index contributed by atoms with van der Waals surface area (Å²) in [6.07, 6.45) is 2.06. The van der Waals surface area contributed by atoms with Gasteiger partial charge in [0.25, 0.3) is 0 Å². The standard InChI is InChI=1S/C43H28N2S/c1-3-11-29(12-4-1)30-19-22-33(23-20-30)45(40-26-25-34(31-13-5-2-6-14-31)36-17-9-10-18-37(36)40)42-27-41-39(28-44-42)38-24-21-32-15-7-8-16-35(32)43(38)46-41/h1-28H. The molecule has 0 unspecified atom stereocenters. The highest BCUT2D eigenvalue weighted by molar-refractivity contribution is 7.26. The number of hydrogen-bond donors (Lipinski definition) is 0. The summed E-state index contributed by atoms with van der Waals surface area (Å²) in [4.78, 5) is 7.48. The van der Waals surface area contributed by atoms with Gasteiger partial charge in [-0.1, -0.05) is 140 Å². The van der Waals surface area contributed by atoms with E-state index in [2.05, 4.69) is 175 Å². The van der Waals surface area contributed by atoms with E-state index >= 15 is 0 Å². The average molecular weight is 605 g/mol. The first-order chi connectivity index (χ1) is 22.8. The van der Waals surface area contributed by atoms with Crippen LogP contribution in [0.25, 0.3) is 64.0 Å². The second kappa shape index (κ2) is 11.0. The lowest BCUT2D eigenvalue weighted by Crippen LogP contribution is -2.12. The predicted molar refractivity (Wildman–Crippen MR) is 198 cm³/mol. The van der Waals surface area contributed by atoms with Crippen LogP contribution in [0.15, 0.2) is 170 Å². The summed E-state index contributed by atoms with van der Waals surface area (Å²) in [5.41, 5.74) is 6.99. The van der Waals surface area contributed by atoms with Crippen LogP contribution in [0.2, 0.25) is 0 Å². The van der Waals surface area contributed by atoms with Gasteiger partial charge < -0.3 is 0 Å². The molecule has 0 aliphatic rings. The maximum absolute atomic E-state index is 5.16. The number of pyridine rings is 1. The van der Waals surface area contributed by atoms with E-state index in [1.165, 1.54) is 64.0 Å². The molecule has 7 aromatic carbocycles. The zero-order chi connectivity index (χ0) is 30.5. The lowest BCUT2D eigenvalue weighted by molar-refractivity contribution is 1.20. The van der Waals surface area contributed by atoms with E-state index in [1.807, 2.05) is 11.3 Å². The molecule has 0 N–H and O–H groups in total. The van der Waals surface area contributed by atoms with Gasteiger partial charge in [0.2, 0.25) is 0 Å². The number of fused-ring (bicyclic) bond motifs is 6. The fourth-order valence-corrected chi connectivity index (χ4v) is 7.93. The van der Waals surface area contributed by atoms with Gasteiger partial charge in [-0.3, -0.25) is 4.90 Å². The normalized spacial score (nSPS) is 11.5. The fourth-order valence-electron chi connectivity index (χ4n) is 6.69. The van der Waals surface area contributed by atoms with Crippen LogP contribution in [-0.4, -0.2) is 4.98 Å². The van der Waals surface area contributed by atoms with E-state index in [0.717, 1.165) is 17.2 Å². The smallest absolute Gasteiger partial charge is 0.138 e. The second-order valence-electron chi connectivity index (χ2n) is 11.6. The molecule has 9 aromatic rings. The largest absolute Gasteiger partial charge is 0.294 e. The molecule has 0 atom stereocenters. The molecule has 2 aromatic heterocycles. The Bertz CT molecular complexity index is 2520. The SMILES string of the molecule is c1ccc(-c2ccc(N(c3cc4sc5c6ccccc6ccc5c4cn3)c3ccc(-c4ccccc4)c4ccccc34)cc2)cc1. The molecule has 0 aliphatic heterocycles. The molecule has 0 fully saturated rings. The lowest BCUT2D eigenvalue weighted by Gasteiger charge is -2.26. The highest BCUT2D eigenvalue weighted by Crippen LogP contribution is 2.44. The first-order valence-electron chi connectivity index (χ1n) is 15.5. The summed E-state index contributed by atoms with van der Waals surface area (Å²) in [5.74, 6) is 0.897. The van der Waals surface area contributed by atoms with Gasteiger partial charge in [0.05, 0.1) is 5.69 Å². The first kappa shape index (κ1) is 26.6. The number of benzene rings is 7. The van der Waals surface area contributed by atoms with Crippen LogP contribution in [-0.2, 0) is 0 Å². The molecule has 0 spiro atoms. The van der Waals surface area contributed by atoms with Gasteiger partial charge in [0.15, 0.2) is 0 Å². The molecule has 0 amide bonds. The summed E-state index contributed by atoms with van der Waals surface area (Å²) >= 11 is 1.85. The van der Waals surface area contributed by atoms with Crippen molar-refractivity contribution >= 4 is 70.2 Å². The number of rotatable bonds is 5. The van der Waals surface area contributed by atoms with Crippen LogP contribution in [0.5, 0.6) is 0 Å². The maximum atomic E-state index is 5.16. The number of aromatic nitrogens is 1. The van der Waals surface area contributed by atoms with Crippen molar-refractivity contribution in [2.24, 2.45) is 0 Å². The monoisotopic (exact) mass is 604 g/mol. The Morgan fingerprint density at radius 1 is 0.457 bits per heavy atom. The molecule has 0 aliphatic carbocycles. The van der Waals surface area contributed by atoms with E-state index in [1.54, 1.807) is 0 Å². The van der Waals surface area contributed by atoms with Gasteiger partial charge in [0.1, 0.15) is 5.82 Å². The van der Waals surface area contributed by atoms with Crippen molar-refractivity contribution < 1.29 is 0 Å². The molecule has 3 heteroatoms. The summed E-state index contributed by atoms with van der Waals surface area (Å²) in [5, 5.41) is 7.40. The number of nitrogens with zero attached hydrogens (tertiary/aromatic N) is 2. The van der Waals surface area contributed by atoms with Crippen molar-refractivity contribution in [2.45, 2.75) is 0 Å². The van der Waals surface area contributed by atoms with E-state index < -0.39 is 0 Å². The molecule has 46 heavy (non-hydrogen) atoms. The summed E-state index contributed by atoms with van der Waals surface area (Å²) in [7, 11) is 0. The number of thiophene rings is 1. The van der Waals surface area contributed by atoms with Crippen molar-refractivity contribution in [2.75, 3.05) is 4.90 Å². The summed E-state index contributed by atoms with van der Waals surface area (Å²) in [6, 6.07) is 58.6. The minimum atomic E-state index is 0.897. The van der Waals surface area contributed by atoms with Crippen LogP contribution in [0, 0.1) is 0 Å².